The molecule has 0 radical (unpaired) electrons. The molecule has 0 bridgehead atoms. The summed E-state index contributed by atoms with van der Waals surface area (Å²) >= 11 is 16.1. The molecule has 206 valence electrons. The van der Waals surface area contributed by atoms with E-state index >= 15 is 0 Å². The van der Waals surface area contributed by atoms with Gasteiger partial charge in [0.15, 0.2) is 0 Å². The molecule has 7 nitrogen and oxygen atoms in total. The van der Waals surface area contributed by atoms with Crippen LogP contribution < -0.4 is 9.03 Å². The molecule has 5 aromatic rings. The van der Waals surface area contributed by atoms with Crippen LogP contribution in [0.15, 0.2) is 102 Å². The summed E-state index contributed by atoms with van der Waals surface area (Å²) in [5.74, 6) is 0.197. The van der Waals surface area contributed by atoms with Crippen molar-refractivity contribution >= 4 is 60.9 Å². The average Bonchev–Trinajstić information content (AvgIpc) is 3.48. The van der Waals surface area contributed by atoms with Gasteiger partial charge < -0.3 is 4.57 Å². The molecule has 0 saturated carbocycles. The minimum atomic E-state index is -3.89. The van der Waals surface area contributed by atoms with Crippen molar-refractivity contribution in [3.8, 4) is 28.1 Å². The van der Waals surface area contributed by atoms with Crippen molar-refractivity contribution in [1.29, 1.82) is 0 Å². The van der Waals surface area contributed by atoms with Crippen LogP contribution in [-0.2, 0) is 21.4 Å². The number of nitrogens with zero attached hydrogens (tertiary/aromatic N) is 3. The van der Waals surface area contributed by atoms with Crippen molar-refractivity contribution in [2.45, 2.75) is 6.42 Å². The van der Waals surface area contributed by atoms with Gasteiger partial charge in [0.2, 0.25) is 0 Å². The number of benzene rings is 4. The highest BCUT2D eigenvalue weighted by molar-refractivity contribution is 9.10. The molecule has 41 heavy (non-hydrogen) atoms. The van der Waals surface area contributed by atoms with Crippen molar-refractivity contribution < 1.29 is 13.2 Å². The Labute approximate surface area is 255 Å². The average molecular weight is 668 g/mol. The predicted molar refractivity (Wildman–Crippen MR) is 166 cm³/mol. The number of imidazole rings is 1. The highest BCUT2D eigenvalue weighted by atomic mass is 79.9. The molecule has 1 saturated heterocycles. The van der Waals surface area contributed by atoms with Crippen LogP contribution >= 0.6 is 39.1 Å². The second kappa shape index (κ2) is 11.0. The molecule has 0 aliphatic carbocycles. The summed E-state index contributed by atoms with van der Waals surface area (Å²) in [6.07, 6.45) is 2.43. The molecule has 0 unspecified atom stereocenters. The van der Waals surface area contributed by atoms with Gasteiger partial charge in [0.25, 0.3) is 5.91 Å². The monoisotopic (exact) mass is 666 g/mol. The van der Waals surface area contributed by atoms with Crippen molar-refractivity contribution in [3.05, 3.63) is 123 Å². The number of amides is 1. The van der Waals surface area contributed by atoms with Gasteiger partial charge in [-0.15, -0.1) is 0 Å². The lowest BCUT2D eigenvalue weighted by atomic mass is 10.0. The number of carbonyl (C=O) groups excluding carboxylic acids is 1. The van der Waals surface area contributed by atoms with E-state index in [4.69, 9.17) is 28.2 Å². The predicted octanol–water partition coefficient (Wildman–Crippen LogP) is 7.05. The first-order valence-electron chi connectivity index (χ1n) is 12.5. The lowest BCUT2D eigenvalue weighted by Gasteiger charge is -2.15. The Bertz CT molecular complexity index is 1880. The van der Waals surface area contributed by atoms with Gasteiger partial charge in [-0.3, -0.25) is 4.79 Å². The normalized spacial score (nSPS) is 14.3. The molecule has 1 fully saturated rings. The highest BCUT2D eigenvalue weighted by Gasteiger charge is 2.33. The molecular weight excluding hydrogens is 647 g/mol. The number of halogens is 3. The molecule has 11 heteroatoms. The maximum absolute atomic E-state index is 12.3. The Hall–Kier alpha value is -3.63. The summed E-state index contributed by atoms with van der Waals surface area (Å²) in [7, 11) is -3.89. The molecular formula is C30H21BrCl2N4O3S. The number of aromatic nitrogens is 2. The third-order valence-corrected chi connectivity index (χ3v) is 9.20. The maximum atomic E-state index is 12.3. The lowest BCUT2D eigenvalue weighted by molar-refractivity contribution is -0.117. The van der Waals surface area contributed by atoms with Crippen LogP contribution in [0.4, 0.5) is 5.69 Å². The standard InChI is InChI=1S/C30H21BrCl2N4O3S/c31-22-7-5-21(6-8-22)20-3-1-19(2-4-20)15-29-34-28(26-14-9-23(32)16-27(26)33)17-36(29)24-10-12-25(13-11-24)37-18-30(38)35-41(37,39)40/h1-14,16-17H,15,18H2,(H,35,38). The SMILES string of the molecule is O=C1CN(c2ccc(-n3cc(-c4ccc(Cl)cc4Cl)nc3Cc3ccc(-c4ccc(Br)cc4)cc3)cc2)S(=O)(=O)N1. The first-order valence-corrected chi connectivity index (χ1v) is 15.5. The fraction of sp³-hybridized carbons (Fsp3) is 0.0667. The molecule has 0 spiro atoms. The molecule has 1 aliphatic rings. The van der Waals surface area contributed by atoms with Gasteiger partial charge in [-0.2, -0.15) is 8.42 Å². The minimum Gasteiger partial charge on any atom is -0.303 e. The van der Waals surface area contributed by atoms with Crippen LogP contribution in [0.2, 0.25) is 10.0 Å². The smallest absolute Gasteiger partial charge is 0.303 e. The van der Waals surface area contributed by atoms with E-state index in [9.17, 15) is 13.2 Å². The van der Waals surface area contributed by atoms with E-state index in [1.54, 1.807) is 36.4 Å². The van der Waals surface area contributed by atoms with Gasteiger partial charge >= 0.3 is 10.2 Å². The van der Waals surface area contributed by atoms with Crippen molar-refractivity contribution in [2.75, 3.05) is 10.8 Å². The van der Waals surface area contributed by atoms with Gasteiger partial charge in [0.1, 0.15) is 12.4 Å². The summed E-state index contributed by atoms with van der Waals surface area (Å²) in [4.78, 5) is 16.6. The maximum Gasteiger partial charge on any atom is 0.326 e. The zero-order chi connectivity index (χ0) is 28.7. The summed E-state index contributed by atoms with van der Waals surface area (Å²) < 4.78 is 30.6. The van der Waals surface area contributed by atoms with Crippen LogP contribution in [0.25, 0.3) is 28.1 Å². The quantitative estimate of drug-likeness (QED) is 0.210. The first kappa shape index (κ1) is 27.5. The molecule has 1 aliphatic heterocycles. The number of carbonyl (C=O) groups is 1. The van der Waals surface area contributed by atoms with Crippen LogP contribution in [0.1, 0.15) is 11.4 Å². The molecule has 1 aromatic heterocycles. The van der Waals surface area contributed by atoms with E-state index in [-0.39, 0.29) is 6.54 Å². The number of anilines is 1. The molecule has 0 atom stereocenters. The number of rotatable bonds is 6. The minimum absolute atomic E-state index is 0.256. The molecule has 1 N–H and O–H groups in total. The van der Waals surface area contributed by atoms with Gasteiger partial charge in [-0.05, 0) is 71.3 Å². The second-order valence-electron chi connectivity index (χ2n) is 9.47. The molecule has 1 amide bonds. The van der Waals surface area contributed by atoms with Gasteiger partial charge in [-0.25, -0.2) is 14.0 Å². The fourth-order valence-electron chi connectivity index (χ4n) is 4.69. The third-order valence-electron chi connectivity index (χ3n) is 6.72. The number of hydrogen-bond acceptors (Lipinski definition) is 4. The third kappa shape index (κ3) is 5.76. The van der Waals surface area contributed by atoms with E-state index in [0.29, 0.717) is 27.8 Å². The largest absolute Gasteiger partial charge is 0.326 e. The van der Waals surface area contributed by atoms with Crippen molar-refractivity contribution in [3.63, 3.8) is 0 Å². The van der Waals surface area contributed by atoms with E-state index < -0.39 is 16.1 Å². The Balaban J connectivity index is 1.35. The topological polar surface area (TPSA) is 84.3 Å². The zero-order valence-electron chi connectivity index (χ0n) is 21.3. The van der Waals surface area contributed by atoms with Crippen LogP contribution in [-0.4, -0.2) is 30.4 Å². The summed E-state index contributed by atoms with van der Waals surface area (Å²) in [6.45, 7) is -0.256. The highest BCUT2D eigenvalue weighted by Crippen LogP contribution is 2.32. The molecule has 6 rings (SSSR count). The summed E-state index contributed by atoms with van der Waals surface area (Å²) in [6, 6.07) is 28.7. The van der Waals surface area contributed by atoms with Crippen LogP contribution in [0.5, 0.6) is 0 Å². The Kier molecular flexibility index (Phi) is 7.37. The van der Waals surface area contributed by atoms with Gasteiger partial charge in [0, 0.05) is 33.4 Å². The number of nitrogens with one attached hydrogen (secondary N) is 1. The Morgan fingerprint density at radius 1 is 0.854 bits per heavy atom. The molecule has 4 aromatic carbocycles. The van der Waals surface area contributed by atoms with E-state index in [2.05, 4.69) is 52.3 Å². The summed E-state index contributed by atoms with van der Waals surface area (Å²) in [5.41, 5.74) is 5.88. The van der Waals surface area contributed by atoms with E-state index in [0.717, 1.165) is 42.5 Å². The van der Waals surface area contributed by atoms with E-state index in [1.807, 2.05) is 33.7 Å². The van der Waals surface area contributed by atoms with Crippen LogP contribution in [0, 0.1) is 0 Å². The van der Waals surface area contributed by atoms with Gasteiger partial charge in [-0.1, -0.05) is 75.5 Å². The van der Waals surface area contributed by atoms with Gasteiger partial charge in [0.05, 0.1) is 16.4 Å². The Morgan fingerprint density at radius 2 is 1.49 bits per heavy atom. The number of hydrogen-bond donors (Lipinski definition) is 1. The van der Waals surface area contributed by atoms with Crippen LogP contribution in [0.3, 0.4) is 0 Å². The summed E-state index contributed by atoms with van der Waals surface area (Å²) in [5, 5.41) is 1.02. The molecule has 2 heterocycles. The fourth-order valence-corrected chi connectivity index (χ4v) is 6.61. The first-order chi connectivity index (χ1) is 19.7. The van der Waals surface area contributed by atoms with Crippen molar-refractivity contribution in [1.82, 2.24) is 14.3 Å². The van der Waals surface area contributed by atoms with Crippen molar-refractivity contribution in [2.24, 2.45) is 0 Å². The Morgan fingerprint density at radius 3 is 2.10 bits per heavy atom. The zero-order valence-corrected chi connectivity index (χ0v) is 25.2. The van der Waals surface area contributed by atoms with E-state index in [1.165, 1.54) is 0 Å². The lowest BCUT2D eigenvalue weighted by Crippen LogP contribution is -2.29. The second-order valence-corrected chi connectivity index (χ2v) is 12.8.